The lowest BCUT2D eigenvalue weighted by Gasteiger charge is -2.22. The summed E-state index contributed by atoms with van der Waals surface area (Å²) >= 11 is 0. The van der Waals surface area contributed by atoms with Gasteiger partial charge in [0.2, 0.25) is 0 Å². The number of hydrogen-bond donors (Lipinski definition) is 0. The minimum atomic E-state index is 0.506. The molecule has 1 saturated heterocycles. The van der Waals surface area contributed by atoms with Gasteiger partial charge in [-0.3, -0.25) is 0 Å². The van der Waals surface area contributed by atoms with Crippen molar-refractivity contribution in [1.29, 1.82) is 0 Å². The first kappa shape index (κ1) is 10.0. The second-order valence-corrected chi connectivity index (χ2v) is 5.51. The molecule has 0 saturated carbocycles. The lowest BCUT2D eigenvalue weighted by molar-refractivity contribution is 0.260. The van der Waals surface area contributed by atoms with E-state index in [0.29, 0.717) is 5.41 Å². The molecule has 1 rings (SSSR count). The van der Waals surface area contributed by atoms with Gasteiger partial charge in [-0.15, -0.1) is 0 Å². The van der Waals surface area contributed by atoms with Gasteiger partial charge in [0.15, 0.2) is 0 Å². The minimum absolute atomic E-state index is 0.506. The first-order valence-corrected chi connectivity index (χ1v) is 5.20. The molecule has 1 atom stereocenters. The summed E-state index contributed by atoms with van der Waals surface area (Å²) in [5.41, 5.74) is 0.506. The highest BCUT2D eigenvalue weighted by Gasteiger charge is 2.20. The zero-order chi connectivity index (χ0) is 9.19. The summed E-state index contributed by atoms with van der Waals surface area (Å²) in [6.07, 6.45) is 2.74. The summed E-state index contributed by atoms with van der Waals surface area (Å²) in [7, 11) is 0. The molecule has 0 radical (unpaired) electrons. The van der Waals surface area contributed by atoms with E-state index in [9.17, 15) is 0 Å². The van der Waals surface area contributed by atoms with Crippen LogP contribution in [0.3, 0.4) is 0 Å². The molecular weight excluding hydrogens is 146 g/mol. The van der Waals surface area contributed by atoms with Crippen LogP contribution in [0.5, 0.6) is 0 Å². The maximum atomic E-state index is 2.61. The number of rotatable bonds is 2. The van der Waals surface area contributed by atoms with Gasteiger partial charge in [0.05, 0.1) is 0 Å². The van der Waals surface area contributed by atoms with Crippen molar-refractivity contribution in [2.75, 3.05) is 19.6 Å². The van der Waals surface area contributed by atoms with Crippen LogP contribution in [0.4, 0.5) is 0 Å². The second-order valence-electron chi connectivity index (χ2n) is 5.51. The molecule has 0 aromatic rings. The van der Waals surface area contributed by atoms with Crippen molar-refractivity contribution in [3.05, 3.63) is 0 Å². The predicted molar refractivity (Wildman–Crippen MR) is 54.3 cm³/mol. The summed E-state index contributed by atoms with van der Waals surface area (Å²) in [6, 6.07) is 0. The minimum Gasteiger partial charge on any atom is -0.303 e. The van der Waals surface area contributed by atoms with Gasteiger partial charge in [-0.2, -0.15) is 0 Å². The Balaban J connectivity index is 2.16. The van der Waals surface area contributed by atoms with Crippen LogP contribution >= 0.6 is 0 Å². The van der Waals surface area contributed by atoms with E-state index in [0.717, 1.165) is 5.92 Å². The van der Waals surface area contributed by atoms with Gasteiger partial charge in [-0.05, 0) is 37.3 Å². The van der Waals surface area contributed by atoms with Crippen LogP contribution in [0.25, 0.3) is 0 Å². The Morgan fingerprint density at radius 2 is 2.00 bits per heavy atom. The van der Waals surface area contributed by atoms with Crippen LogP contribution in [-0.4, -0.2) is 24.5 Å². The molecule has 1 aliphatic rings. The highest BCUT2D eigenvalue weighted by molar-refractivity contribution is 4.74. The van der Waals surface area contributed by atoms with Gasteiger partial charge < -0.3 is 4.90 Å². The predicted octanol–water partition coefficient (Wildman–Crippen LogP) is 2.76. The number of likely N-dealkylation sites (tertiary alicyclic amines) is 1. The molecule has 1 nitrogen and oxygen atoms in total. The average molecular weight is 169 g/mol. The molecule has 0 amide bonds. The van der Waals surface area contributed by atoms with Crippen molar-refractivity contribution in [1.82, 2.24) is 4.90 Å². The van der Waals surface area contributed by atoms with Gasteiger partial charge in [0.1, 0.15) is 0 Å². The Kier molecular flexibility index (Phi) is 3.16. The van der Waals surface area contributed by atoms with Crippen LogP contribution in [0, 0.1) is 11.3 Å². The summed E-state index contributed by atoms with van der Waals surface area (Å²) in [6.45, 7) is 13.3. The fraction of sp³-hybridized carbons (Fsp3) is 1.00. The quantitative estimate of drug-likeness (QED) is 0.614. The van der Waals surface area contributed by atoms with Crippen molar-refractivity contribution in [3.63, 3.8) is 0 Å². The molecule has 1 aliphatic heterocycles. The Morgan fingerprint density at radius 1 is 1.33 bits per heavy atom. The van der Waals surface area contributed by atoms with E-state index in [1.807, 2.05) is 0 Å². The van der Waals surface area contributed by atoms with E-state index in [1.165, 1.54) is 32.5 Å². The monoisotopic (exact) mass is 169 g/mol. The number of nitrogens with zero attached hydrogens (tertiary/aromatic N) is 1. The van der Waals surface area contributed by atoms with E-state index in [-0.39, 0.29) is 0 Å². The van der Waals surface area contributed by atoms with Crippen LogP contribution in [0.2, 0.25) is 0 Å². The maximum Gasteiger partial charge on any atom is 0.000750 e. The van der Waals surface area contributed by atoms with Crippen molar-refractivity contribution < 1.29 is 0 Å². The van der Waals surface area contributed by atoms with E-state index >= 15 is 0 Å². The van der Waals surface area contributed by atoms with E-state index < -0.39 is 0 Å². The van der Waals surface area contributed by atoms with Crippen LogP contribution in [0.15, 0.2) is 0 Å². The Labute approximate surface area is 77.1 Å². The highest BCUT2D eigenvalue weighted by atomic mass is 15.1. The van der Waals surface area contributed by atoms with Gasteiger partial charge in [-0.25, -0.2) is 0 Å². The van der Waals surface area contributed by atoms with Crippen molar-refractivity contribution in [3.8, 4) is 0 Å². The molecule has 0 aromatic heterocycles. The molecule has 0 aliphatic carbocycles. The molecule has 0 bridgehead atoms. The molecule has 1 heteroatoms. The van der Waals surface area contributed by atoms with Crippen molar-refractivity contribution in [2.45, 2.75) is 40.5 Å². The van der Waals surface area contributed by atoms with Crippen LogP contribution in [0.1, 0.15) is 40.5 Å². The molecule has 1 fully saturated rings. The fourth-order valence-corrected chi connectivity index (χ4v) is 1.72. The van der Waals surface area contributed by atoms with E-state index in [1.54, 1.807) is 0 Å². The molecule has 0 aromatic carbocycles. The van der Waals surface area contributed by atoms with E-state index in [4.69, 9.17) is 0 Å². The standard InChI is InChI=1S/C11H23N/c1-10-5-7-12(9-10)8-6-11(2,3)4/h10H,5-9H2,1-4H3. The molecule has 1 heterocycles. The Morgan fingerprint density at radius 3 is 2.42 bits per heavy atom. The van der Waals surface area contributed by atoms with Crippen molar-refractivity contribution >= 4 is 0 Å². The Bertz CT molecular complexity index is 134. The number of hydrogen-bond acceptors (Lipinski definition) is 1. The summed E-state index contributed by atoms with van der Waals surface area (Å²) in [5, 5.41) is 0. The van der Waals surface area contributed by atoms with Gasteiger partial charge in [0.25, 0.3) is 0 Å². The molecule has 1 unspecified atom stereocenters. The lowest BCUT2D eigenvalue weighted by atomic mass is 9.92. The molecule has 0 N–H and O–H groups in total. The third-order valence-corrected chi connectivity index (χ3v) is 2.69. The topological polar surface area (TPSA) is 3.24 Å². The van der Waals surface area contributed by atoms with Crippen LogP contribution < -0.4 is 0 Å². The third kappa shape index (κ3) is 3.57. The first-order chi connectivity index (χ1) is 5.47. The zero-order valence-electron chi connectivity index (χ0n) is 9.06. The molecule has 12 heavy (non-hydrogen) atoms. The molecule has 72 valence electrons. The zero-order valence-corrected chi connectivity index (χ0v) is 9.06. The fourth-order valence-electron chi connectivity index (χ4n) is 1.72. The van der Waals surface area contributed by atoms with Gasteiger partial charge in [0, 0.05) is 6.54 Å². The highest BCUT2D eigenvalue weighted by Crippen LogP contribution is 2.21. The average Bonchev–Trinajstić information content (AvgIpc) is 2.30. The third-order valence-electron chi connectivity index (χ3n) is 2.69. The second kappa shape index (κ2) is 3.78. The smallest absolute Gasteiger partial charge is 0.000750 e. The van der Waals surface area contributed by atoms with Gasteiger partial charge in [-0.1, -0.05) is 27.7 Å². The van der Waals surface area contributed by atoms with Crippen molar-refractivity contribution in [2.24, 2.45) is 11.3 Å². The van der Waals surface area contributed by atoms with E-state index in [2.05, 4.69) is 32.6 Å². The van der Waals surface area contributed by atoms with Crippen LogP contribution in [-0.2, 0) is 0 Å². The SMILES string of the molecule is CC1CCN(CCC(C)(C)C)C1. The lowest BCUT2D eigenvalue weighted by Crippen LogP contribution is -2.25. The normalized spacial score (nSPS) is 26.5. The largest absolute Gasteiger partial charge is 0.303 e. The molecule has 0 spiro atoms. The Hall–Kier alpha value is -0.0400. The molecular formula is C11H23N. The maximum absolute atomic E-state index is 2.61. The van der Waals surface area contributed by atoms with Gasteiger partial charge >= 0.3 is 0 Å². The summed E-state index contributed by atoms with van der Waals surface area (Å²) in [4.78, 5) is 2.61. The first-order valence-electron chi connectivity index (χ1n) is 5.20. The summed E-state index contributed by atoms with van der Waals surface area (Å²) in [5.74, 6) is 0.935. The summed E-state index contributed by atoms with van der Waals surface area (Å²) < 4.78 is 0.